The van der Waals surface area contributed by atoms with Crippen LogP contribution in [0.1, 0.15) is 128 Å². The lowest BCUT2D eigenvalue weighted by Gasteiger charge is -2.32. The molecule has 0 unspecified atom stereocenters. The number of benzene rings is 4. The summed E-state index contributed by atoms with van der Waals surface area (Å²) in [6.07, 6.45) is 12.3. The van der Waals surface area contributed by atoms with Crippen molar-refractivity contribution in [2.75, 3.05) is 0 Å². The molecule has 2 nitrogen and oxygen atoms in total. The molecular formula is C58H64O2. The highest BCUT2D eigenvalue weighted by Crippen LogP contribution is 2.44. The zero-order valence-electron chi connectivity index (χ0n) is 38.2. The molecule has 2 heteroatoms. The van der Waals surface area contributed by atoms with Crippen LogP contribution in [0.3, 0.4) is 0 Å². The van der Waals surface area contributed by atoms with Gasteiger partial charge in [-0.1, -0.05) is 180 Å². The average Bonchev–Trinajstić information content (AvgIpc) is 3.17. The van der Waals surface area contributed by atoms with Crippen LogP contribution in [0.15, 0.2) is 155 Å². The largest absolute Gasteiger partial charge is 0.289 e. The Morgan fingerprint density at radius 1 is 0.300 bits per heavy atom. The maximum absolute atomic E-state index is 14.0. The Labute approximate surface area is 360 Å². The van der Waals surface area contributed by atoms with Gasteiger partial charge < -0.3 is 0 Å². The molecule has 0 spiro atoms. The van der Waals surface area contributed by atoms with Crippen molar-refractivity contribution in [3.05, 3.63) is 199 Å². The van der Waals surface area contributed by atoms with Gasteiger partial charge in [0.2, 0.25) is 0 Å². The molecule has 4 aromatic carbocycles. The van der Waals surface area contributed by atoms with Gasteiger partial charge in [-0.05, 0) is 138 Å². The number of allylic oxidation sites excluding steroid dienone is 10. The minimum absolute atomic E-state index is 0.154. The minimum atomic E-state index is -0.294. The molecule has 0 N–H and O–H groups in total. The van der Waals surface area contributed by atoms with Crippen LogP contribution in [0, 0.1) is 21.7 Å². The predicted molar refractivity (Wildman–Crippen MR) is 253 cm³/mol. The predicted octanol–water partition coefficient (Wildman–Crippen LogP) is 14.2. The van der Waals surface area contributed by atoms with Crippen LogP contribution in [-0.4, -0.2) is 11.6 Å². The Morgan fingerprint density at radius 2 is 0.483 bits per heavy atom. The van der Waals surface area contributed by atoms with E-state index in [0.717, 1.165) is 92.5 Å². The summed E-state index contributed by atoms with van der Waals surface area (Å²) in [6.45, 7) is 25.7. The first kappa shape index (κ1) is 42.8. The Morgan fingerprint density at radius 3 is 0.650 bits per heavy atom. The summed E-state index contributed by atoms with van der Waals surface area (Å²) in [5, 5.41) is 0. The van der Waals surface area contributed by atoms with E-state index >= 15 is 0 Å². The van der Waals surface area contributed by atoms with Crippen molar-refractivity contribution < 1.29 is 9.59 Å². The summed E-state index contributed by atoms with van der Waals surface area (Å²) in [7, 11) is 0. The van der Waals surface area contributed by atoms with Crippen LogP contribution in [0.25, 0.3) is 11.1 Å². The van der Waals surface area contributed by atoms with Gasteiger partial charge in [0, 0.05) is 22.3 Å². The van der Waals surface area contributed by atoms with E-state index in [4.69, 9.17) is 0 Å². The molecule has 0 radical (unpaired) electrons. The maximum atomic E-state index is 14.0. The second-order valence-corrected chi connectivity index (χ2v) is 21.3. The quantitative estimate of drug-likeness (QED) is 0.178. The molecular weight excluding hydrogens is 729 g/mol. The number of hydrogen-bond donors (Lipinski definition) is 0. The van der Waals surface area contributed by atoms with Gasteiger partial charge in [-0.15, -0.1) is 0 Å². The molecule has 0 saturated carbocycles. The molecule has 0 aliphatic heterocycles. The maximum Gasteiger partial charge on any atom is 0.186 e. The van der Waals surface area contributed by atoms with Crippen molar-refractivity contribution in [3.63, 3.8) is 0 Å². The van der Waals surface area contributed by atoms with Gasteiger partial charge in [-0.25, -0.2) is 0 Å². The molecule has 9 aliphatic rings. The van der Waals surface area contributed by atoms with Gasteiger partial charge in [0.15, 0.2) is 11.6 Å². The van der Waals surface area contributed by atoms with Crippen molar-refractivity contribution in [2.24, 2.45) is 21.7 Å². The number of rotatable bonds is 0. The third kappa shape index (κ3) is 9.04. The number of ketones is 2. The topological polar surface area (TPSA) is 34.1 Å². The van der Waals surface area contributed by atoms with Crippen LogP contribution in [0.5, 0.6) is 0 Å². The third-order valence-corrected chi connectivity index (χ3v) is 12.4. The number of hydrogen-bond acceptors (Lipinski definition) is 2. The van der Waals surface area contributed by atoms with Crippen molar-refractivity contribution in [1.82, 2.24) is 0 Å². The standard InChI is InChI=1S/C58H64O2/c1-55(2,3)47-33-45(34-48(53(47)59)56(4,5)6)51-41-25-17-37(18-26-41)13-15-39-21-29-43(30-22-39)52(46-35-49(57(7,8)9)54(60)50(36-46)58(10,11)12)44-31-23-40(24-32-44)16-14-38-19-27-42(51)28-20-38/h17-36H,13-16H2,1-12H3. The lowest BCUT2D eigenvalue weighted by Crippen LogP contribution is -2.28. The molecule has 9 aliphatic carbocycles. The normalized spacial score (nSPS) is 17.1. The highest BCUT2D eigenvalue weighted by molar-refractivity contribution is 6.13. The summed E-state index contributed by atoms with van der Waals surface area (Å²) in [4.78, 5) is 27.9. The summed E-state index contributed by atoms with van der Waals surface area (Å²) < 4.78 is 0. The lowest BCUT2D eigenvalue weighted by atomic mass is 9.71. The first-order chi connectivity index (χ1) is 28.1. The monoisotopic (exact) mass is 792 g/mol. The summed E-state index contributed by atoms with van der Waals surface area (Å²) >= 11 is 0. The zero-order valence-corrected chi connectivity index (χ0v) is 38.2. The molecule has 0 heterocycles. The van der Waals surface area contributed by atoms with Gasteiger partial charge in [-0.2, -0.15) is 0 Å². The first-order valence-corrected chi connectivity index (χ1v) is 21.9. The molecule has 0 saturated heterocycles. The number of carbonyl (C=O) groups excluding carboxylic acids is 2. The second kappa shape index (κ2) is 15.9. The molecule has 8 bridgehead atoms. The van der Waals surface area contributed by atoms with Crippen LogP contribution in [0.2, 0.25) is 0 Å². The minimum Gasteiger partial charge on any atom is -0.289 e. The third-order valence-electron chi connectivity index (χ3n) is 12.4. The van der Waals surface area contributed by atoms with Crippen molar-refractivity contribution >= 4 is 22.7 Å². The zero-order chi connectivity index (χ0) is 43.4. The Bertz CT molecular complexity index is 2160. The van der Waals surface area contributed by atoms with Gasteiger partial charge in [0.25, 0.3) is 0 Å². The first-order valence-electron chi connectivity index (χ1n) is 21.9. The van der Waals surface area contributed by atoms with Crippen LogP contribution >= 0.6 is 0 Å². The Hall–Kier alpha value is -5.34. The highest BCUT2D eigenvalue weighted by atomic mass is 16.1. The fourth-order valence-electron chi connectivity index (χ4n) is 8.70. The SMILES string of the molecule is CC(C)(C)C1=CC(=C2c3ccc(cc3)CCc3ccc(cc3)C(=C3C=C(C(C)(C)C)C(=O)C(C(C)(C)C)=C3)c3ccc(cc3)CCc3ccc2cc3)C=C(C(C)(C)C)C1=O. The van der Waals surface area contributed by atoms with Crippen molar-refractivity contribution in [2.45, 2.75) is 109 Å². The van der Waals surface area contributed by atoms with E-state index in [1.54, 1.807) is 0 Å². The van der Waals surface area contributed by atoms with E-state index in [0.29, 0.717) is 0 Å². The van der Waals surface area contributed by atoms with E-state index in [1.807, 2.05) is 0 Å². The molecule has 60 heavy (non-hydrogen) atoms. The average molecular weight is 793 g/mol. The Kier molecular flexibility index (Phi) is 11.4. The van der Waals surface area contributed by atoms with E-state index in [1.165, 1.54) is 22.3 Å². The molecule has 0 amide bonds. The second-order valence-electron chi connectivity index (χ2n) is 21.3. The molecule has 0 atom stereocenters. The van der Waals surface area contributed by atoms with Crippen molar-refractivity contribution in [3.8, 4) is 0 Å². The van der Waals surface area contributed by atoms with E-state index < -0.39 is 0 Å². The number of Topliss-reactive ketones (excluding diaryl/α,β-unsaturated/α-hetero) is 2. The van der Waals surface area contributed by atoms with Gasteiger partial charge in [0.1, 0.15) is 0 Å². The van der Waals surface area contributed by atoms with Crippen LogP contribution in [0.4, 0.5) is 0 Å². The van der Waals surface area contributed by atoms with Gasteiger partial charge in [0.05, 0.1) is 0 Å². The fourth-order valence-corrected chi connectivity index (χ4v) is 8.70. The smallest absolute Gasteiger partial charge is 0.186 e. The molecule has 0 fully saturated rings. The molecule has 4 aromatic rings. The fraction of sp³-hybridized carbons (Fsp3) is 0.345. The summed E-state index contributed by atoms with van der Waals surface area (Å²) in [6, 6.07) is 36.3. The van der Waals surface area contributed by atoms with Crippen LogP contribution in [-0.2, 0) is 35.3 Å². The van der Waals surface area contributed by atoms with E-state index in [2.05, 4.69) is 204 Å². The number of carbonyl (C=O) groups is 2. The summed E-state index contributed by atoms with van der Waals surface area (Å²) in [5.41, 5.74) is 16.5. The molecule has 308 valence electrons. The van der Waals surface area contributed by atoms with Crippen molar-refractivity contribution in [1.29, 1.82) is 0 Å². The van der Waals surface area contributed by atoms with E-state index in [-0.39, 0.29) is 33.2 Å². The number of aryl methyl sites for hydroxylation is 4. The van der Waals surface area contributed by atoms with E-state index in [9.17, 15) is 9.59 Å². The van der Waals surface area contributed by atoms with Crippen LogP contribution < -0.4 is 0 Å². The lowest BCUT2D eigenvalue weighted by molar-refractivity contribution is -0.114. The molecule has 0 aromatic heterocycles. The summed E-state index contributed by atoms with van der Waals surface area (Å²) in [5.74, 6) is 0.307. The Balaban J connectivity index is 1.36. The molecule has 13 rings (SSSR count). The van der Waals surface area contributed by atoms with Gasteiger partial charge in [-0.3, -0.25) is 9.59 Å². The van der Waals surface area contributed by atoms with Gasteiger partial charge >= 0.3 is 0 Å². The highest BCUT2D eigenvalue weighted by Gasteiger charge is 2.36.